The molecule has 0 spiro atoms. The highest BCUT2D eigenvalue weighted by Crippen LogP contribution is 2.30. The lowest BCUT2D eigenvalue weighted by Gasteiger charge is -2.36. The lowest BCUT2D eigenvalue weighted by Crippen LogP contribution is -2.50. The third-order valence-corrected chi connectivity index (χ3v) is 10.6. The maximum absolute atomic E-state index is 13.9. The zero-order chi connectivity index (χ0) is 43.0. The van der Waals surface area contributed by atoms with Crippen molar-refractivity contribution in [1.29, 1.82) is 0 Å². The average Bonchev–Trinajstić information content (AvgIpc) is 3.75. The van der Waals surface area contributed by atoms with E-state index < -0.39 is 23.3 Å². The molecule has 1 saturated carbocycles. The summed E-state index contributed by atoms with van der Waals surface area (Å²) in [7, 11) is 0. The maximum atomic E-state index is 13.9. The summed E-state index contributed by atoms with van der Waals surface area (Å²) in [4.78, 5) is 61.1. The second kappa shape index (κ2) is 18.9. The zero-order valence-corrected chi connectivity index (χ0v) is 35.7. The van der Waals surface area contributed by atoms with Crippen molar-refractivity contribution < 1.29 is 28.7 Å². The van der Waals surface area contributed by atoms with Gasteiger partial charge in [-0.1, -0.05) is 24.3 Å². The quantitative estimate of drug-likeness (QED) is 0.133. The first-order chi connectivity index (χ1) is 28.5. The monoisotopic (exact) mass is 822 g/mol. The van der Waals surface area contributed by atoms with Crippen molar-refractivity contribution in [2.45, 2.75) is 97.8 Å². The van der Waals surface area contributed by atoms with E-state index in [2.05, 4.69) is 54.5 Å². The number of ether oxygens (including phenoxy) is 2. The van der Waals surface area contributed by atoms with Crippen LogP contribution in [-0.4, -0.2) is 104 Å². The van der Waals surface area contributed by atoms with Crippen LogP contribution in [0.2, 0.25) is 0 Å². The molecule has 2 aromatic heterocycles. The molecule has 4 amide bonds. The molecule has 16 nitrogen and oxygen atoms in total. The minimum Gasteiger partial charge on any atom is -0.444 e. The van der Waals surface area contributed by atoms with E-state index >= 15 is 0 Å². The summed E-state index contributed by atoms with van der Waals surface area (Å²) in [6, 6.07) is 16.3. The Balaban J connectivity index is 1.09. The number of tetrazole rings is 1. The predicted molar refractivity (Wildman–Crippen MR) is 228 cm³/mol. The Kier molecular flexibility index (Phi) is 13.7. The minimum absolute atomic E-state index is 0.161. The van der Waals surface area contributed by atoms with Crippen LogP contribution in [-0.2, 0) is 25.5 Å². The number of hydrogen-bond donors (Lipinski definition) is 4. The van der Waals surface area contributed by atoms with Gasteiger partial charge in [0.05, 0.1) is 0 Å². The Morgan fingerprint density at radius 2 is 1.50 bits per heavy atom. The molecule has 60 heavy (non-hydrogen) atoms. The van der Waals surface area contributed by atoms with Gasteiger partial charge in [0, 0.05) is 68.1 Å². The van der Waals surface area contributed by atoms with Gasteiger partial charge in [0.1, 0.15) is 23.1 Å². The van der Waals surface area contributed by atoms with Crippen LogP contribution in [0, 0.1) is 18.8 Å². The normalized spacial score (nSPS) is 17.6. The van der Waals surface area contributed by atoms with Crippen LogP contribution >= 0.6 is 0 Å². The molecule has 0 bridgehead atoms. The molecule has 4 N–H and O–H groups in total. The Bertz CT molecular complexity index is 2080. The summed E-state index contributed by atoms with van der Waals surface area (Å²) >= 11 is 0. The Hall–Kier alpha value is -6.06. The van der Waals surface area contributed by atoms with Gasteiger partial charge in [0.2, 0.25) is 17.6 Å². The number of hydrogen-bond acceptors (Lipinski definition) is 11. The molecule has 2 aliphatic rings. The van der Waals surface area contributed by atoms with Crippen molar-refractivity contribution >= 4 is 35.5 Å². The number of anilines is 2. The van der Waals surface area contributed by atoms with E-state index in [1.54, 1.807) is 29.2 Å². The summed E-state index contributed by atoms with van der Waals surface area (Å²) in [6.07, 6.45) is 4.28. The van der Waals surface area contributed by atoms with E-state index in [9.17, 15) is 19.2 Å². The highest BCUT2D eigenvalue weighted by molar-refractivity contribution is 5.97. The average molecular weight is 823 g/mol. The van der Waals surface area contributed by atoms with E-state index in [0.29, 0.717) is 57.1 Å². The number of carbonyl (C=O) groups is 4. The SMILES string of the molecule is Cc1cc(N2CCN(C(=O)OC(C)(C)C)CC2)ncc1-c1ccc(C[C@H](NC(=O)C2CCC(CNC(=O)OC(C)(C)C)CC2)C(=O)Nc2ccc(-c3nn[nH]n3)cc2)cc1. The molecule has 320 valence electrons. The fourth-order valence-corrected chi connectivity index (χ4v) is 7.40. The summed E-state index contributed by atoms with van der Waals surface area (Å²) in [6.45, 7) is 16.1. The van der Waals surface area contributed by atoms with Gasteiger partial charge in [-0.2, -0.15) is 5.21 Å². The van der Waals surface area contributed by atoms with Gasteiger partial charge in [-0.15, -0.1) is 10.2 Å². The first-order valence-electron chi connectivity index (χ1n) is 20.7. The number of piperazine rings is 1. The molecule has 4 aromatic rings. The molecule has 2 fully saturated rings. The van der Waals surface area contributed by atoms with Crippen molar-refractivity contribution in [3.8, 4) is 22.5 Å². The van der Waals surface area contributed by atoms with E-state index in [1.807, 2.05) is 72.0 Å². The predicted octanol–water partition coefficient (Wildman–Crippen LogP) is 6.29. The van der Waals surface area contributed by atoms with Gasteiger partial charge in [0.15, 0.2) is 0 Å². The standard InChI is InChI=1S/C44H58N10O6/c1-28-24-37(53-20-22-54(23-21-53)42(58)60-44(5,6)7)45-27-35(28)31-12-8-29(9-13-31)25-36(40(56)47-34-18-16-32(17-19-34)38-49-51-52-50-38)48-39(55)33-14-10-30(11-15-33)26-46-41(57)59-43(2,3)4/h8-9,12-13,16-19,24,27,30,33,36H,10-11,14-15,20-23,25-26H2,1-7H3,(H,46,57)(H,47,56)(H,48,55)(H,49,50,51,52)/t30?,33?,36-/m0/s1. The highest BCUT2D eigenvalue weighted by atomic mass is 16.6. The third kappa shape index (κ3) is 12.2. The minimum atomic E-state index is -0.842. The number of amides is 4. The van der Waals surface area contributed by atoms with Crippen LogP contribution in [0.1, 0.15) is 78.4 Å². The molecule has 1 aliphatic carbocycles. The number of benzene rings is 2. The molecule has 16 heteroatoms. The molecule has 3 heterocycles. The van der Waals surface area contributed by atoms with Gasteiger partial charge in [-0.05, 0) is 132 Å². The van der Waals surface area contributed by atoms with Crippen LogP contribution in [0.25, 0.3) is 22.5 Å². The molecule has 0 radical (unpaired) electrons. The van der Waals surface area contributed by atoms with Crippen LogP contribution in [0.3, 0.4) is 0 Å². The molecule has 2 aromatic carbocycles. The fourth-order valence-electron chi connectivity index (χ4n) is 7.40. The van der Waals surface area contributed by atoms with Crippen molar-refractivity contribution in [2.75, 3.05) is 42.9 Å². The second-order valence-electron chi connectivity index (χ2n) is 17.7. The van der Waals surface area contributed by atoms with Crippen LogP contribution in [0.5, 0.6) is 0 Å². The topological polar surface area (TPSA) is 197 Å². The number of aromatic nitrogens is 5. The first kappa shape index (κ1) is 43.5. The lowest BCUT2D eigenvalue weighted by atomic mass is 9.81. The van der Waals surface area contributed by atoms with Crippen molar-refractivity contribution in [2.24, 2.45) is 11.8 Å². The summed E-state index contributed by atoms with van der Waals surface area (Å²) < 4.78 is 10.9. The molecule has 0 unspecified atom stereocenters. The smallest absolute Gasteiger partial charge is 0.410 e. The largest absolute Gasteiger partial charge is 0.444 e. The summed E-state index contributed by atoms with van der Waals surface area (Å²) in [5.74, 6) is 0.794. The number of pyridine rings is 1. The summed E-state index contributed by atoms with van der Waals surface area (Å²) in [5, 5.41) is 23.0. The van der Waals surface area contributed by atoms with Crippen LogP contribution in [0.4, 0.5) is 21.1 Å². The van der Waals surface area contributed by atoms with Gasteiger partial charge in [0.25, 0.3) is 0 Å². The number of alkyl carbamates (subject to hydrolysis) is 1. The van der Waals surface area contributed by atoms with Gasteiger partial charge in [-0.25, -0.2) is 14.6 Å². The third-order valence-electron chi connectivity index (χ3n) is 10.6. The van der Waals surface area contributed by atoms with Crippen LogP contribution < -0.4 is 20.9 Å². The second-order valence-corrected chi connectivity index (χ2v) is 17.7. The molecule has 6 rings (SSSR count). The number of carbonyl (C=O) groups excluding carboxylic acids is 4. The van der Waals surface area contributed by atoms with Crippen molar-refractivity contribution in [3.63, 3.8) is 0 Å². The van der Waals surface area contributed by atoms with Crippen molar-refractivity contribution in [3.05, 3.63) is 71.9 Å². The first-order valence-corrected chi connectivity index (χ1v) is 20.7. The number of H-pyrrole nitrogens is 1. The van der Waals surface area contributed by atoms with E-state index in [4.69, 9.17) is 14.5 Å². The van der Waals surface area contributed by atoms with E-state index in [-0.39, 0.29) is 36.2 Å². The van der Waals surface area contributed by atoms with Crippen LogP contribution in [0.15, 0.2) is 60.8 Å². The molecular weight excluding hydrogens is 765 g/mol. The zero-order valence-electron chi connectivity index (χ0n) is 35.7. The number of aromatic amines is 1. The van der Waals surface area contributed by atoms with E-state index in [0.717, 1.165) is 46.5 Å². The fraction of sp³-hybridized carbons (Fsp3) is 0.500. The Morgan fingerprint density at radius 3 is 2.10 bits per heavy atom. The number of aryl methyl sites for hydroxylation is 1. The molecular formula is C44H58N10O6. The Labute approximate surface area is 351 Å². The number of nitrogens with one attached hydrogen (secondary N) is 4. The molecule has 1 atom stereocenters. The molecule has 1 saturated heterocycles. The number of rotatable bonds is 11. The highest BCUT2D eigenvalue weighted by Gasteiger charge is 2.31. The lowest BCUT2D eigenvalue weighted by molar-refractivity contribution is -0.130. The Morgan fingerprint density at radius 1 is 0.850 bits per heavy atom. The van der Waals surface area contributed by atoms with Gasteiger partial charge >= 0.3 is 12.2 Å². The molecule has 1 aliphatic heterocycles. The number of nitrogens with zero attached hydrogens (tertiary/aromatic N) is 6. The van der Waals surface area contributed by atoms with Gasteiger partial charge < -0.3 is 35.2 Å². The van der Waals surface area contributed by atoms with Crippen molar-refractivity contribution in [1.82, 2.24) is 41.1 Å². The summed E-state index contributed by atoms with van der Waals surface area (Å²) in [5.41, 5.74) is 4.11. The van der Waals surface area contributed by atoms with E-state index in [1.165, 1.54) is 0 Å². The maximum Gasteiger partial charge on any atom is 0.410 e. The van der Waals surface area contributed by atoms with Gasteiger partial charge in [-0.3, -0.25) is 9.59 Å².